The van der Waals surface area contributed by atoms with E-state index >= 15 is 0 Å². The molecule has 0 bridgehead atoms. The highest BCUT2D eigenvalue weighted by molar-refractivity contribution is 5.87. The van der Waals surface area contributed by atoms with Crippen molar-refractivity contribution in [2.24, 2.45) is 0 Å². The molecule has 0 radical (unpaired) electrons. The van der Waals surface area contributed by atoms with E-state index in [-0.39, 0.29) is 37.2 Å². The van der Waals surface area contributed by atoms with Gasteiger partial charge < -0.3 is 28.4 Å². The molecule has 0 spiro atoms. The van der Waals surface area contributed by atoms with Crippen LogP contribution in [0.3, 0.4) is 0 Å². The second kappa shape index (κ2) is 18.6. The fourth-order valence-electron chi connectivity index (χ4n) is 4.99. The largest absolute Gasteiger partial charge is 0.493 e. The van der Waals surface area contributed by atoms with Crippen molar-refractivity contribution in [2.75, 3.05) is 13.2 Å². The fraction of sp³-hybridized carbons (Fsp3) is 0.182. The highest BCUT2D eigenvalue weighted by Crippen LogP contribution is 2.27. The van der Waals surface area contributed by atoms with Crippen LogP contribution in [-0.2, 0) is 19.1 Å². The van der Waals surface area contributed by atoms with Gasteiger partial charge in [0.05, 0.1) is 26.1 Å². The minimum atomic E-state index is -0.915. The molecule has 0 amide bonds. The van der Waals surface area contributed by atoms with Gasteiger partial charge in [-0.2, -0.15) is 0 Å². The van der Waals surface area contributed by atoms with Crippen LogP contribution in [0.5, 0.6) is 23.0 Å². The molecule has 0 saturated heterocycles. The first-order chi connectivity index (χ1) is 25.2. The van der Waals surface area contributed by atoms with Gasteiger partial charge in [0.1, 0.15) is 23.0 Å². The highest BCUT2D eigenvalue weighted by atomic mass is 16.7. The van der Waals surface area contributed by atoms with Gasteiger partial charge >= 0.3 is 11.9 Å². The van der Waals surface area contributed by atoms with E-state index in [1.807, 2.05) is 109 Å². The van der Waals surface area contributed by atoms with Crippen LogP contribution in [0, 0.1) is 0 Å². The summed E-state index contributed by atoms with van der Waals surface area (Å²) in [4.78, 5) is 24.9. The van der Waals surface area contributed by atoms with E-state index < -0.39 is 24.5 Å². The van der Waals surface area contributed by atoms with E-state index in [2.05, 4.69) is 13.2 Å². The zero-order valence-electron chi connectivity index (χ0n) is 29.4. The third-order valence-corrected chi connectivity index (χ3v) is 7.64. The molecule has 0 fully saturated rings. The second-order valence-corrected chi connectivity index (χ2v) is 12.0. The predicted octanol–water partition coefficient (Wildman–Crippen LogP) is 9.61. The number of ether oxygens (including phenoxy) is 6. The molecule has 0 heterocycles. The summed E-state index contributed by atoms with van der Waals surface area (Å²) in [5, 5.41) is 0. The molecule has 266 valence electrons. The highest BCUT2D eigenvalue weighted by Gasteiger charge is 2.19. The molecule has 52 heavy (non-hydrogen) atoms. The Morgan fingerprint density at radius 3 is 1.25 bits per heavy atom. The van der Waals surface area contributed by atoms with Gasteiger partial charge in [-0.15, -0.1) is 0 Å². The Hall–Kier alpha value is -6.28. The summed E-state index contributed by atoms with van der Waals surface area (Å²) in [6, 6.07) is 42.2. The summed E-state index contributed by atoms with van der Waals surface area (Å²) in [7, 11) is 0. The summed E-state index contributed by atoms with van der Waals surface area (Å²) < 4.78 is 35.4. The van der Waals surface area contributed by atoms with Gasteiger partial charge in [0.2, 0.25) is 12.6 Å². The van der Waals surface area contributed by atoms with Crippen molar-refractivity contribution < 1.29 is 38.0 Å². The molecule has 2 atom stereocenters. The van der Waals surface area contributed by atoms with Gasteiger partial charge in [0.15, 0.2) is 0 Å². The lowest BCUT2D eigenvalue weighted by Gasteiger charge is -2.21. The maximum Gasteiger partial charge on any atom is 0.336 e. The molecule has 2 unspecified atom stereocenters. The van der Waals surface area contributed by atoms with E-state index in [9.17, 15) is 9.59 Å². The minimum Gasteiger partial charge on any atom is -0.493 e. The third-order valence-electron chi connectivity index (χ3n) is 7.64. The fourth-order valence-corrected chi connectivity index (χ4v) is 4.99. The Kier molecular flexibility index (Phi) is 13.3. The first-order valence-corrected chi connectivity index (χ1v) is 17.0. The summed E-state index contributed by atoms with van der Waals surface area (Å²) in [5.41, 5.74) is 4.55. The van der Waals surface area contributed by atoms with E-state index in [0.717, 1.165) is 22.3 Å². The number of carbonyl (C=O) groups is 2. The number of rotatable bonds is 18. The van der Waals surface area contributed by atoms with Crippen molar-refractivity contribution >= 4 is 11.9 Å². The van der Waals surface area contributed by atoms with Gasteiger partial charge in [0, 0.05) is 17.2 Å². The van der Waals surface area contributed by atoms with Gasteiger partial charge in [-0.25, -0.2) is 9.59 Å². The lowest BCUT2D eigenvalue weighted by molar-refractivity contribution is -0.161. The molecule has 0 aliphatic heterocycles. The lowest BCUT2D eigenvalue weighted by atomic mass is 10.1. The van der Waals surface area contributed by atoms with Crippen molar-refractivity contribution in [3.63, 3.8) is 0 Å². The predicted molar refractivity (Wildman–Crippen MR) is 201 cm³/mol. The summed E-state index contributed by atoms with van der Waals surface area (Å²) in [6.45, 7) is 10.9. The van der Waals surface area contributed by atoms with Gasteiger partial charge in [-0.3, -0.25) is 0 Å². The third kappa shape index (κ3) is 11.4. The maximum absolute atomic E-state index is 12.4. The molecular weight excluding hydrogens is 656 g/mol. The van der Waals surface area contributed by atoms with Crippen LogP contribution in [0.25, 0.3) is 22.3 Å². The number of carbonyl (C=O) groups excluding carboxylic acids is 2. The van der Waals surface area contributed by atoms with Crippen molar-refractivity contribution in [2.45, 2.75) is 39.3 Å². The van der Waals surface area contributed by atoms with Crippen molar-refractivity contribution in [3.8, 4) is 45.3 Å². The molecule has 5 aromatic carbocycles. The number of esters is 2. The Bertz CT molecular complexity index is 1820. The molecule has 0 N–H and O–H groups in total. The molecule has 0 aromatic heterocycles. The average molecular weight is 699 g/mol. The monoisotopic (exact) mass is 698 g/mol. The van der Waals surface area contributed by atoms with Crippen LogP contribution in [0.15, 0.2) is 158 Å². The summed E-state index contributed by atoms with van der Waals surface area (Å²) >= 11 is 0. The Labute approximate surface area is 304 Å². The van der Waals surface area contributed by atoms with Crippen LogP contribution in [0.2, 0.25) is 0 Å². The molecule has 5 aromatic rings. The van der Waals surface area contributed by atoms with Crippen LogP contribution >= 0.6 is 0 Å². The normalized spacial score (nSPS) is 11.7. The summed E-state index contributed by atoms with van der Waals surface area (Å²) in [5.74, 6) is 1.09. The number of benzene rings is 5. The van der Waals surface area contributed by atoms with Crippen molar-refractivity contribution in [1.82, 2.24) is 0 Å². The van der Waals surface area contributed by atoms with E-state index in [0.29, 0.717) is 23.0 Å². The van der Waals surface area contributed by atoms with Gasteiger partial charge in [-0.05, 0) is 72.5 Å². The Morgan fingerprint density at radius 2 is 0.846 bits per heavy atom. The molecule has 0 aliphatic rings. The number of hydrogen-bond acceptors (Lipinski definition) is 8. The summed E-state index contributed by atoms with van der Waals surface area (Å²) in [6.07, 6.45) is -1.33. The van der Waals surface area contributed by atoms with Gasteiger partial charge in [-0.1, -0.05) is 104 Å². The van der Waals surface area contributed by atoms with E-state index in [4.69, 9.17) is 28.4 Å². The van der Waals surface area contributed by atoms with Crippen molar-refractivity contribution in [3.05, 3.63) is 158 Å². The Balaban J connectivity index is 1.17. The number of hydrogen-bond donors (Lipinski definition) is 0. The van der Waals surface area contributed by atoms with Crippen molar-refractivity contribution in [1.29, 1.82) is 0 Å². The smallest absolute Gasteiger partial charge is 0.336 e. The molecular formula is C44H42O8. The minimum absolute atomic E-state index is 0.185. The van der Waals surface area contributed by atoms with Crippen LogP contribution in [0.4, 0.5) is 0 Å². The zero-order chi connectivity index (χ0) is 36.7. The molecule has 0 aliphatic carbocycles. The van der Waals surface area contributed by atoms with E-state index in [1.165, 1.54) is 0 Å². The first kappa shape index (κ1) is 37.0. The zero-order valence-corrected chi connectivity index (χ0v) is 29.4. The standard InChI is InChI=1S/C44H42O8/c1-31(2)43(45)51-41(49-39-22-11-18-35(28-39)33-14-7-5-8-15-33)24-26-47-37-20-13-21-38(30-37)48-27-25-42(52-44(46)32(3)4)50-40-23-12-19-36(29-40)34-16-9-6-10-17-34/h5-23,28-30,41-42H,1,3,24-27H2,2,4H3. The first-order valence-electron chi connectivity index (χ1n) is 17.0. The molecule has 5 rings (SSSR count). The van der Waals surface area contributed by atoms with Crippen LogP contribution < -0.4 is 18.9 Å². The molecule has 8 heteroatoms. The lowest BCUT2D eigenvalue weighted by Crippen LogP contribution is -2.27. The van der Waals surface area contributed by atoms with Gasteiger partial charge in [0.25, 0.3) is 0 Å². The van der Waals surface area contributed by atoms with E-state index in [1.54, 1.807) is 38.1 Å². The van der Waals surface area contributed by atoms with Crippen LogP contribution in [0.1, 0.15) is 26.7 Å². The average Bonchev–Trinajstić information content (AvgIpc) is 3.15. The molecule has 8 nitrogen and oxygen atoms in total. The SMILES string of the molecule is C=C(C)C(=O)OC(CCOc1cccc(OCCC(OC(=O)C(=C)C)Oc2cccc(-c3ccccc3)c2)c1)Oc1cccc(-c2ccccc2)c1. The Morgan fingerprint density at radius 1 is 0.481 bits per heavy atom. The molecule has 0 saturated carbocycles. The topological polar surface area (TPSA) is 89.5 Å². The quantitative estimate of drug-likeness (QED) is 0.0508. The second-order valence-electron chi connectivity index (χ2n) is 12.0. The van der Waals surface area contributed by atoms with Crippen LogP contribution in [-0.4, -0.2) is 37.7 Å². The maximum atomic E-state index is 12.4.